The van der Waals surface area contributed by atoms with Crippen molar-refractivity contribution in [3.8, 4) is 22.6 Å². The smallest absolute Gasteiger partial charge is 0.145 e. The van der Waals surface area contributed by atoms with Gasteiger partial charge in [-0.1, -0.05) is 64.6 Å². The molecule has 0 radical (unpaired) electrons. The van der Waals surface area contributed by atoms with Crippen LogP contribution in [0, 0.1) is 0 Å². The molecule has 0 saturated carbocycles. The first-order chi connectivity index (χ1) is 8.45. The molecular weight excluding hydrogens is 318 g/mol. The molecule has 0 saturated heterocycles. The van der Waals surface area contributed by atoms with Gasteiger partial charge in [0, 0.05) is 11.1 Å². The molecule has 0 amide bonds. The van der Waals surface area contributed by atoms with E-state index >= 15 is 0 Å². The number of para-hydroxylation sites is 1. The molecule has 0 aliphatic rings. The Balaban J connectivity index is 2.85. The van der Waals surface area contributed by atoms with Crippen LogP contribution in [-0.2, 0) is 0 Å². The number of aromatic hydroxyl groups is 2. The van der Waals surface area contributed by atoms with Gasteiger partial charge in [-0.3, -0.25) is 0 Å². The molecule has 2 N–H and O–H groups in total. The van der Waals surface area contributed by atoms with E-state index in [4.69, 9.17) is 46.4 Å². The summed E-state index contributed by atoms with van der Waals surface area (Å²) in [5, 5.41) is 19.7. The Labute approximate surface area is 123 Å². The zero-order chi connectivity index (χ0) is 13.4. The maximum absolute atomic E-state index is 9.99. The third-order valence-electron chi connectivity index (χ3n) is 2.42. The normalized spacial score (nSPS) is 10.7. The van der Waals surface area contributed by atoms with E-state index < -0.39 is 0 Å². The Hall–Kier alpha value is -0.800. The van der Waals surface area contributed by atoms with Crippen LogP contribution < -0.4 is 0 Å². The Kier molecular flexibility index (Phi) is 3.83. The third-order valence-corrected chi connectivity index (χ3v) is 4.21. The predicted octanol–water partition coefficient (Wildman–Crippen LogP) is 5.38. The van der Waals surface area contributed by atoms with Crippen LogP contribution in [0.15, 0.2) is 24.3 Å². The Morgan fingerprint density at radius 2 is 1.28 bits per heavy atom. The molecule has 0 heterocycles. The quantitative estimate of drug-likeness (QED) is 0.546. The molecule has 2 aromatic rings. The van der Waals surface area contributed by atoms with Gasteiger partial charge in [0.1, 0.15) is 16.5 Å². The average molecular weight is 324 g/mol. The summed E-state index contributed by atoms with van der Waals surface area (Å²) in [6.07, 6.45) is 0. The first kappa shape index (κ1) is 13.6. The molecule has 0 bridgehead atoms. The minimum Gasteiger partial charge on any atom is -0.507 e. The molecule has 0 fully saturated rings. The van der Waals surface area contributed by atoms with E-state index in [0.29, 0.717) is 5.56 Å². The molecule has 0 aliphatic heterocycles. The molecular formula is C12H6Cl4O2. The van der Waals surface area contributed by atoms with Crippen molar-refractivity contribution < 1.29 is 10.2 Å². The van der Waals surface area contributed by atoms with Gasteiger partial charge < -0.3 is 10.2 Å². The van der Waals surface area contributed by atoms with Crippen LogP contribution in [0.4, 0.5) is 0 Å². The van der Waals surface area contributed by atoms with E-state index in [9.17, 15) is 10.2 Å². The van der Waals surface area contributed by atoms with Crippen LogP contribution in [0.5, 0.6) is 11.5 Å². The first-order valence-corrected chi connectivity index (χ1v) is 6.29. The monoisotopic (exact) mass is 322 g/mol. The minimum absolute atomic E-state index is 0.0272. The lowest BCUT2D eigenvalue weighted by molar-refractivity contribution is 0.469. The molecule has 0 spiro atoms. The van der Waals surface area contributed by atoms with Gasteiger partial charge in [-0.05, 0) is 6.07 Å². The largest absolute Gasteiger partial charge is 0.507 e. The summed E-state index contributed by atoms with van der Waals surface area (Å²) in [6, 6.07) is 6.36. The highest BCUT2D eigenvalue weighted by molar-refractivity contribution is 6.53. The molecule has 2 rings (SSSR count). The summed E-state index contributed by atoms with van der Waals surface area (Å²) in [5.74, 6) is -0.373. The van der Waals surface area contributed by atoms with E-state index in [0.717, 1.165) is 0 Å². The number of phenols is 2. The van der Waals surface area contributed by atoms with E-state index in [-0.39, 0.29) is 37.2 Å². The lowest BCUT2D eigenvalue weighted by Crippen LogP contribution is -1.86. The van der Waals surface area contributed by atoms with E-state index in [2.05, 4.69) is 0 Å². The number of benzene rings is 2. The molecule has 0 aromatic heterocycles. The van der Waals surface area contributed by atoms with Crippen molar-refractivity contribution in [3.05, 3.63) is 44.4 Å². The fourth-order valence-corrected chi connectivity index (χ4v) is 2.50. The van der Waals surface area contributed by atoms with Crippen molar-refractivity contribution in [3.63, 3.8) is 0 Å². The van der Waals surface area contributed by atoms with Crippen molar-refractivity contribution in [2.75, 3.05) is 0 Å². The van der Waals surface area contributed by atoms with E-state index in [1.807, 2.05) is 0 Å². The van der Waals surface area contributed by atoms with Gasteiger partial charge in [0.2, 0.25) is 0 Å². The Morgan fingerprint density at radius 1 is 0.722 bits per heavy atom. The number of rotatable bonds is 1. The molecule has 0 unspecified atom stereocenters. The van der Waals surface area contributed by atoms with Crippen molar-refractivity contribution in [2.24, 2.45) is 0 Å². The molecule has 0 atom stereocenters. The van der Waals surface area contributed by atoms with Crippen LogP contribution in [-0.4, -0.2) is 10.2 Å². The van der Waals surface area contributed by atoms with Crippen LogP contribution >= 0.6 is 46.4 Å². The summed E-state index contributed by atoms with van der Waals surface area (Å²) in [5.41, 5.74) is 0.467. The zero-order valence-electron chi connectivity index (χ0n) is 8.72. The summed E-state index contributed by atoms with van der Waals surface area (Å²) in [6.45, 7) is 0. The second kappa shape index (κ2) is 5.06. The summed E-state index contributed by atoms with van der Waals surface area (Å²) >= 11 is 23.6. The van der Waals surface area contributed by atoms with E-state index in [1.165, 1.54) is 6.07 Å². The summed E-state index contributed by atoms with van der Waals surface area (Å²) < 4.78 is 0. The van der Waals surface area contributed by atoms with Crippen molar-refractivity contribution >= 4 is 46.4 Å². The highest BCUT2D eigenvalue weighted by Crippen LogP contribution is 2.50. The zero-order valence-corrected chi connectivity index (χ0v) is 11.7. The topological polar surface area (TPSA) is 40.5 Å². The molecule has 94 valence electrons. The number of halogens is 4. The Bertz CT molecular complexity index is 597. The van der Waals surface area contributed by atoms with E-state index in [1.54, 1.807) is 18.2 Å². The summed E-state index contributed by atoms with van der Waals surface area (Å²) in [4.78, 5) is 0. The summed E-state index contributed by atoms with van der Waals surface area (Å²) in [7, 11) is 0. The highest BCUT2D eigenvalue weighted by Gasteiger charge is 2.22. The lowest BCUT2D eigenvalue weighted by Gasteiger charge is -2.13. The van der Waals surface area contributed by atoms with Gasteiger partial charge in [-0.2, -0.15) is 0 Å². The number of phenolic OH excluding ortho intramolecular Hbond substituents is 2. The third kappa shape index (κ3) is 2.10. The van der Waals surface area contributed by atoms with Gasteiger partial charge >= 0.3 is 0 Å². The standard InChI is InChI=1S/C12H6Cl4O2/c13-8-7(5-3-1-2-4-6(5)17)12(18)11(16)10(15)9(8)14/h1-4,17-18H. The molecule has 0 aliphatic carbocycles. The maximum atomic E-state index is 9.99. The van der Waals surface area contributed by atoms with Gasteiger partial charge in [0.05, 0.1) is 15.1 Å². The van der Waals surface area contributed by atoms with Crippen molar-refractivity contribution in [1.29, 1.82) is 0 Å². The number of hydrogen-bond donors (Lipinski definition) is 2. The van der Waals surface area contributed by atoms with Gasteiger partial charge in [-0.15, -0.1) is 0 Å². The second-order valence-electron chi connectivity index (χ2n) is 3.50. The molecule has 6 heteroatoms. The predicted molar refractivity (Wildman–Crippen MR) is 75.2 cm³/mol. The van der Waals surface area contributed by atoms with Crippen LogP contribution in [0.1, 0.15) is 0 Å². The average Bonchev–Trinajstić information content (AvgIpc) is 2.36. The molecule has 18 heavy (non-hydrogen) atoms. The first-order valence-electron chi connectivity index (χ1n) is 4.78. The van der Waals surface area contributed by atoms with Crippen LogP contribution in [0.3, 0.4) is 0 Å². The van der Waals surface area contributed by atoms with Crippen molar-refractivity contribution in [2.45, 2.75) is 0 Å². The highest BCUT2D eigenvalue weighted by atomic mass is 35.5. The number of hydrogen-bond acceptors (Lipinski definition) is 2. The van der Waals surface area contributed by atoms with Crippen LogP contribution in [0.25, 0.3) is 11.1 Å². The SMILES string of the molecule is Oc1ccccc1-c1c(O)c(Cl)c(Cl)c(Cl)c1Cl. The lowest BCUT2D eigenvalue weighted by atomic mass is 10.0. The maximum Gasteiger partial charge on any atom is 0.145 e. The van der Waals surface area contributed by atoms with Crippen LogP contribution in [0.2, 0.25) is 20.1 Å². The van der Waals surface area contributed by atoms with Gasteiger partial charge in [-0.25, -0.2) is 0 Å². The van der Waals surface area contributed by atoms with Gasteiger partial charge in [0.25, 0.3) is 0 Å². The Morgan fingerprint density at radius 3 is 1.89 bits per heavy atom. The fraction of sp³-hybridized carbons (Fsp3) is 0. The second-order valence-corrected chi connectivity index (χ2v) is 5.01. The molecule has 2 nitrogen and oxygen atoms in total. The van der Waals surface area contributed by atoms with Gasteiger partial charge in [0.15, 0.2) is 0 Å². The van der Waals surface area contributed by atoms with Crippen molar-refractivity contribution in [1.82, 2.24) is 0 Å². The minimum atomic E-state index is -0.322. The molecule has 2 aromatic carbocycles. The fourth-order valence-electron chi connectivity index (χ4n) is 1.55.